The number of halogens is 3. The number of alkyl halides is 3. The summed E-state index contributed by atoms with van der Waals surface area (Å²) < 4.78 is 36.3. The number of nitrogens with zero attached hydrogens (tertiary/aromatic N) is 1. The molecule has 1 aromatic rings. The molecular formula is C11H9F3N2O5. The van der Waals surface area contributed by atoms with Gasteiger partial charge in [-0.1, -0.05) is 18.2 Å². The van der Waals surface area contributed by atoms with Crippen LogP contribution in [0.3, 0.4) is 0 Å². The number of carbonyl (C=O) groups is 2. The lowest BCUT2D eigenvalue weighted by atomic mass is 10.0. The Bertz CT molecular complexity index is 573. The smallest absolute Gasteiger partial charge is 0.471 e. The van der Waals surface area contributed by atoms with Gasteiger partial charge in [0.05, 0.1) is 4.92 Å². The first kappa shape index (κ1) is 16.4. The van der Waals surface area contributed by atoms with Crippen LogP contribution in [-0.4, -0.2) is 34.1 Å². The second kappa shape index (κ2) is 6.20. The minimum atomic E-state index is -5.24. The standard InChI is InChI=1S/C11H9F3N2O5/c12-11(13,14)10(19)15-7(9(17)18)5-6-3-1-2-4-8(6)16(20)21/h1-4,7H,5H2,(H,15,19)(H,17,18)/t7-/m0/s1. The number of hydrogen-bond donors (Lipinski definition) is 2. The largest absolute Gasteiger partial charge is 0.480 e. The van der Waals surface area contributed by atoms with E-state index in [-0.39, 0.29) is 5.56 Å². The molecule has 1 aromatic carbocycles. The van der Waals surface area contributed by atoms with Crippen molar-refractivity contribution in [1.29, 1.82) is 0 Å². The number of carbonyl (C=O) groups excluding carboxylic acids is 1. The summed E-state index contributed by atoms with van der Waals surface area (Å²) in [4.78, 5) is 31.6. The maximum absolute atomic E-state index is 12.1. The maximum atomic E-state index is 12.1. The molecule has 0 aliphatic carbocycles. The number of para-hydroxylation sites is 1. The summed E-state index contributed by atoms with van der Waals surface area (Å²) in [6.45, 7) is 0. The van der Waals surface area contributed by atoms with Crippen LogP contribution < -0.4 is 5.32 Å². The average Bonchev–Trinajstić information content (AvgIpc) is 2.36. The van der Waals surface area contributed by atoms with E-state index in [9.17, 15) is 32.9 Å². The highest BCUT2D eigenvalue weighted by Gasteiger charge is 2.41. The zero-order chi connectivity index (χ0) is 16.2. The Hall–Kier alpha value is -2.65. The molecule has 1 rings (SSSR count). The summed E-state index contributed by atoms with van der Waals surface area (Å²) in [5, 5.41) is 20.9. The van der Waals surface area contributed by atoms with E-state index in [0.717, 1.165) is 6.07 Å². The van der Waals surface area contributed by atoms with E-state index in [1.54, 1.807) is 0 Å². The van der Waals surface area contributed by atoms with Crippen LogP contribution in [0, 0.1) is 10.1 Å². The van der Waals surface area contributed by atoms with E-state index in [2.05, 4.69) is 0 Å². The molecule has 0 heterocycles. The molecule has 0 fully saturated rings. The van der Waals surface area contributed by atoms with Gasteiger partial charge >= 0.3 is 18.1 Å². The topological polar surface area (TPSA) is 110 Å². The van der Waals surface area contributed by atoms with Gasteiger partial charge in [-0.15, -0.1) is 0 Å². The summed E-state index contributed by atoms with van der Waals surface area (Å²) in [7, 11) is 0. The molecule has 114 valence electrons. The highest BCUT2D eigenvalue weighted by atomic mass is 19.4. The first-order valence-electron chi connectivity index (χ1n) is 5.45. The number of aliphatic carboxylic acids is 1. The molecule has 0 aliphatic rings. The van der Waals surface area contributed by atoms with Crippen molar-refractivity contribution in [1.82, 2.24) is 5.32 Å². The summed E-state index contributed by atoms with van der Waals surface area (Å²) in [6.07, 6.45) is -5.88. The molecule has 0 bridgehead atoms. The van der Waals surface area contributed by atoms with E-state index >= 15 is 0 Å². The first-order valence-corrected chi connectivity index (χ1v) is 5.45. The van der Waals surface area contributed by atoms with Crippen LogP contribution >= 0.6 is 0 Å². The molecule has 0 unspecified atom stereocenters. The Balaban J connectivity index is 2.98. The zero-order valence-electron chi connectivity index (χ0n) is 10.3. The van der Waals surface area contributed by atoms with Gasteiger partial charge in [0.2, 0.25) is 0 Å². The molecule has 2 N–H and O–H groups in total. The van der Waals surface area contributed by atoms with Gasteiger partial charge in [0.1, 0.15) is 6.04 Å². The van der Waals surface area contributed by atoms with Crippen LogP contribution in [0.4, 0.5) is 18.9 Å². The third kappa shape index (κ3) is 4.44. The summed E-state index contributed by atoms with van der Waals surface area (Å²) in [5.41, 5.74) is -0.539. The maximum Gasteiger partial charge on any atom is 0.471 e. The SMILES string of the molecule is O=C(O)[C@H](Cc1ccccc1[N+](=O)[O-])NC(=O)C(F)(F)F. The molecule has 0 spiro atoms. The third-order valence-electron chi connectivity index (χ3n) is 2.47. The predicted octanol–water partition coefficient (Wildman–Crippen LogP) is 1.27. The monoisotopic (exact) mass is 306 g/mol. The number of nitro benzene ring substituents is 1. The molecule has 21 heavy (non-hydrogen) atoms. The van der Waals surface area contributed by atoms with Crippen molar-refractivity contribution >= 4 is 17.6 Å². The van der Waals surface area contributed by atoms with Gasteiger partial charge in [0.15, 0.2) is 0 Å². The Morgan fingerprint density at radius 1 is 1.33 bits per heavy atom. The van der Waals surface area contributed by atoms with Crippen LogP contribution in [0.25, 0.3) is 0 Å². The minimum Gasteiger partial charge on any atom is -0.480 e. The number of amides is 1. The molecule has 10 heteroatoms. The highest BCUT2D eigenvalue weighted by Crippen LogP contribution is 2.20. The molecule has 7 nitrogen and oxygen atoms in total. The lowest BCUT2D eigenvalue weighted by Crippen LogP contribution is -2.47. The Morgan fingerprint density at radius 3 is 2.38 bits per heavy atom. The van der Waals surface area contributed by atoms with E-state index < -0.39 is 41.1 Å². The van der Waals surface area contributed by atoms with E-state index in [1.165, 1.54) is 23.5 Å². The van der Waals surface area contributed by atoms with Gasteiger partial charge in [0, 0.05) is 18.1 Å². The Kier molecular flexibility index (Phi) is 4.84. The Morgan fingerprint density at radius 2 is 1.90 bits per heavy atom. The zero-order valence-corrected chi connectivity index (χ0v) is 10.3. The average molecular weight is 306 g/mol. The fourth-order valence-electron chi connectivity index (χ4n) is 1.52. The van der Waals surface area contributed by atoms with E-state index in [0.29, 0.717) is 0 Å². The lowest BCUT2D eigenvalue weighted by molar-refractivity contribution is -0.385. The molecule has 0 radical (unpaired) electrons. The van der Waals surface area contributed by atoms with Crippen LogP contribution in [0.2, 0.25) is 0 Å². The number of carboxylic acid groups (broad SMARTS) is 1. The second-order valence-corrected chi connectivity index (χ2v) is 3.95. The van der Waals surface area contributed by atoms with Gasteiger partial charge in [0.25, 0.3) is 5.69 Å². The van der Waals surface area contributed by atoms with Crippen molar-refractivity contribution in [2.45, 2.75) is 18.6 Å². The molecule has 1 atom stereocenters. The summed E-state index contributed by atoms with van der Waals surface area (Å²) >= 11 is 0. The highest BCUT2D eigenvalue weighted by molar-refractivity contribution is 5.87. The van der Waals surface area contributed by atoms with Crippen molar-refractivity contribution in [3.63, 3.8) is 0 Å². The van der Waals surface area contributed by atoms with Gasteiger partial charge < -0.3 is 10.4 Å². The van der Waals surface area contributed by atoms with Crippen LogP contribution in [0.5, 0.6) is 0 Å². The van der Waals surface area contributed by atoms with Crippen molar-refractivity contribution < 1.29 is 32.8 Å². The fourth-order valence-corrected chi connectivity index (χ4v) is 1.52. The van der Waals surface area contributed by atoms with Crippen LogP contribution in [0.1, 0.15) is 5.56 Å². The normalized spacial score (nSPS) is 12.5. The van der Waals surface area contributed by atoms with Gasteiger partial charge in [-0.3, -0.25) is 14.9 Å². The van der Waals surface area contributed by atoms with Gasteiger partial charge in [-0.2, -0.15) is 13.2 Å². The van der Waals surface area contributed by atoms with Gasteiger partial charge in [-0.05, 0) is 0 Å². The van der Waals surface area contributed by atoms with Crippen molar-refractivity contribution in [2.24, 2.45) is 0 Å². The van der Waals surface area contributed by atoms with Gasteiger partial charge in [-0.25, -0.2) is 4.79 Å². The summed E-state index contributed by atoms with van der Waals surface area (Å²) in [6, 6.07) is 3.05. The molecule has 0 saturated carbocycles. The third-order valence-corrected chi connectivity index (χ3v) is 2.47. The number of rotatable bonds is 5. The number of carboxylic acids is 1. The fraction of sp³-hybridized carbons (Fsp3) is 0.273. The van der Waals surface area contributed by atoms with Crippen molar-refractivity contribution in [3.8, 4) is 0 Å². The molecule has 1 amide bonds. The molecular weight excluding hydrogens is 297 g/mol. The quantitative estimate of drug-likeness (QED) is 0.629. The lowest BCUT2D eigenvalue weighted by Gasteiger charge is -2.15. The Labute approximate surface area is 115 Å². The first-order chi connectivity index (χ1) is 9.62. The predicted molar refractivity (Wildman–Crippen MR) is 62.4 cm³/mol. The molecule has 0 aromatic heterocycles. The van der Waals surface area contributed by atoms with E-state index in [1.807, 2.05) is 0 Å². The number of benzene rings is 1. The van der Waals surface area contributed by atoms with Crippen molar-refractivity contribution in [2.75, 3.05) is 0 Å². The number of hydrogen-bond acceptors (Lipinski definition) is 4. The molecule has 0 saturated heterocycles. The second-order valence-electron chi connectivity index (χ2n) is 3.95. The number of nitrogens with one attached hydrogen (secondary N) is 1. The van der Waals surface area contributed by atoms with E-state index in [4.69, 9.17) is 5.11 Å². The summed E-state index contributed by atoms with van der Waals surface area (Å²) in [5.74, 6) is -4.15. The van der Waals surface area contributed by atoms with Crippen molar-refractivity contribution in [3.05, 3.63) is 39.9 Å². The minimum absolute atomic E-state index is 0.0997. The molecule has 0 aliphatic heterocycles. The van der Waals surface area contributed by atoms with Crippen LogP contribution in [0.15, 0.2) is 24.3 Å². The van der Waals surface area contributed by atoms with Crippen LogP contribution in [-0.2, 0) is 16.0 Å². The number of nitro groups is 1.